The lowest BCUT2D eigenvalue weighted by Crippen LogP contribution is -2.52. The van der Waals surface area contributed by atoms with E-state index in [1.54, 1.807) is 0 Å². The molecule has 0 spiro atoms. The molecule has 0 fully saturated rings. The van der Waals surface area contributed by atoms with Gasteiger partial charge in [-0.1, -0.05) is 69.6 Å². The lowest BCUT2D eigenvalue weighted by Gasteiger charge is -2.38. The van der Waals surface area contributed by atoms with Crippen LogP contribution in [-0.4, -0.2) is 25.9 Å². The Bertz CT molecular complexity index is 246. The van der Waals surface area contributed by atoms with E-state index in [4.69, 9.17) is 69.6 Å². The highest BCUT2D eigenvalue weighted by molar-refractivity contribution is 6.74. The summed E-state index contributed by atoms with van der Waals surface area (Å²) >= 11 is 34.1. The Morgan fingerprint density at radius 1 is 0.857 bits per heavy atom. The summed E-state index contributed by atoms with van der Waals surface area (Å²) in [5, 5.41) is 2.55. The van der Waals surface area contributed by atoms with E-state index in [0.717, 1.165) is 0 Å². The fourth-order valence-electron chi connectivity index (χ4n) is 0.782. The highest BCUT2D eigenvalue weighted by Gasteiger charge is 2.62. The van der Waals surface area contributed by atoms with E-state index in [2.05, 4.69) is 15.3 Å². The number of rotatable bonds is 0. The minimum Gasteiger partial charge on any atom is -0.338 e. The van der Waals surface area contributed by atoms with Crippen molar-refractivity contribution in [3.63, 3.8) is 0 Å². The summed E-state index contributed by atoms with van der Waals surface area (Å²) in [6.45, 7) is 0. The van der Waals surface area contributed by atoms with E-state index in [1.807, 2.05) is 0 Å². The predicted octanol–water partition coefficient (Wildman–Crippen LogP) is 3.08. The van der Waals surface area contributed by atoms with Gasteiger partial charge in [0.25, 0.3) is 0 Å². The Labute approximate surface area is 110 Å². The van der Waals surface area contributed by atoms with Gasteiger partial charge in [-0.2, -0.15) is 0 Å². The molecule has 80 valence electrons. The van der Waals surface area contributed by atoms with Gasteiger partial charge >= 0.3 is 0 Å². The highest BCUT2D eigenvalue weighted by atomic mass is 35.6. The number of hydrogen-bond donors (Lipinski definition) is 1. The largest absolute Gasteiger partial charge is 0.338 e. The Hall–Kier alpha value is 0.880. The van der Waals surface area contributed by atoms with Crippen molar-refractivity contribution in [2.45, 2.75) is 13.2 Å². The molecular formula is C5H3Cl6N3. The van der Waals surface area contributed by atoms with Crippen molar-refractivity contribution in [1.29, 1.82) is 0 Å². The van der Waals surface area contributed by atoms with Gasteiger partial charge in [0.05, 0.1) is 12.7 Å². The van der Waals surface area contributed by atoms with Gasteiger partial charge in [-0.05, 0) is 0 Å². The van der Waals surface area contributed by atoms with E-state index < -0.39 is 13.2 Å². The second-order valence-corrected chi connectivity index (χ2v) is 6.91. The van der Waals surface area contributed by atoms with Crippen molar-refractivity contribution in [2.24, 2.45) is 9.98 Å². The predicted molar refractivity (Wildman–Crippen MR) is 63.4 cm³/mol. The molecular weight excluding hydrogens is 315 g/mol. The SMILES string of the molecule is ClC(Cl)(Cl)C1(C(Cl)(Cl)Cl)N=CNC=N1. The number of halogens is 6. The molecule has 0 atom stereocenters. The average molecular weight is 318 g/mol. The maximum Gasteiger partial charge on any atom is 0.246 e. The molecule has 0 saturated heterocycles. The third-order valence-electron chi connectivity index (χ3n) is 1.44. The molecule has 1 aliphatic rings. The smallest absolute Gasteiger partial charge is 0.246 e. The average Bonchev–Trinajstić information content (AvgIpc) is 2.02. The summed E-state index contributed by atoms with van der Waals surface area (Å²) in [5.41, 5.74) is -1.78. The summed E-state index contributed by atoms with van der Waals surface area (Å²) in [4.78, 5) is 7.56. The van der Waals surface area contributed by atoms with Gasteiger partial charge in [-0.15, -0.1) is 0 Å². The highest BCUT2D eigenvalue weighted by Crippen LogP contribution is 2.54. The summed E-state index contributed by atoms with van der Waals surface area (Å²) < 4.78 is -3.93. The van der Waals surface area contributed by atoms with Crippen LogP contribution in [0, 0.1) is 0 Å². The Kier molecular flexibility index (Phi) is 3.73. The number of nitrogens with one attached hydrogen (secondary N) is 1. The maximum absolute atomic E-state index is 5.68. The first kappa shape index (κ1) is 12.9. The Morgan fingerprint density at radius 2 is 1.21 bits per heavy atom. The van der Waals surface area contributed by atoms with E-state index in [0.29, 0.717) is 0 Å². The van der Waals surface area contributed by atoms with Crippen LogP contribution in [0.1, 0.15) is 0 Å². The van der Waals surface area contributed by atoms with Gasteiger partial charge in [0, 0.05) is 0 Å². The molecule has 0 radical (unpaired) electrons. The van der Waals surface area contributed by atoms with Crippen LogP contribution < -0.4 is 5.32 Å². The number of alkyl halides is 6. The molecule has 1 rings (SSSR count). The molecule has 9 heteroatoms. The first-order chi connectivity index (χ1) is 6.21. The van der Waals surface area contributed by atoms with Crippen molar-refractivity contribution >= 4 is 82.3 Å². The summed E-state index contributed by atoms with van der Waals surface area (Å²) in [7, 11) is 0. The van der Waals surface area contributed by atoms with Crippen LogP contribution in [-0.2, 0) is 0 Å². The first-order valence-corrected chi connectivity index (χ1v) is 5.44. The summed E-state index contributed by atoms with van der Waals surface area (Å²) in [5.74, 6) is 0. The first-order valence-electron chi connectivity index (χ1n) is 3.17. The molecule has 0 aromatic carbocycles. The van der Waals surface area contributed by atoms with Gasteiger partial charge in [-0.25, -0.2) is 9.98 Å². The molecule has 0 saturated carbocycles. The lowest BCUT2D eigenvalue weighted by atomic mass is 10.2. The third-order valence-corrected chi connectivity index (χ3v) is 3.02. The second kappa shape index (κ2) is 4.04. The van der Waals surface area contributed by atoms with Crippen LogP contribution in [0.4, 0.5) is 0 Å². The van der Waals surface area contributed by atoms with Crippen LogP contribution in [0.15, 0.2) is 9.98 Å². The quantitative estimate of drug-likeness (QED) is 0.685. The van der Waals surface area contributed by atoms with Gasteiger partial charge in [0.15, 0.2) is 0 Å². The van der Waals surface area contributed by atoms with Crippen LogP contribution in [0.25, 0.3) is 0 Å². The summed E-state index contributed by atoms with van der Waals surface area (Å²) in [6, 6.07) is 0. The Balaban J connectivity index is 3.23. The monoisotopic (exact) mass is 315 g/mol. The molecule has 0 aromatic heterocycles. The lowest BCUT2D eigenvalue weighted by molar-refractivity contribution is 0.464. The number of hydrogen-bond acceptors (Lipinski definition) is 3. The molecule has 0 bridgehead atoms. The fraction of sp³-hybridized carbons (Fsp3) is 0.600. The normalized spacial score (nSPS) is 20.7. The van der Waals surface area contributed by atoms with E-state index in [1.165, 1.54) is 12.7 Å². The number of aliphatic imine (C=N–C) groups is 2. The molecule has 0 unspecified atom stereocenters. The minimum absolute atomic E-state index is 1.23. The van der Waals surface area contributed by atoms with Crippen molar-refractivity contribution < 1.29 is 0 Å². The molecule has 0 aromatic rings. The minimum atomic E-state index is -1.96. The number of nitrogens with zero attached hydrogens (tertiary/aromatic N) is 2. The van der Waals surface area contributed by atoms with Crippen LogP contribution in [0.5, 0.6) is 0 Å². The zero-order chi connectivity index (χ0) is 11.0. The van der Waals surface area contributed by atoms with Gasteiger partial charge < -0.3 is 5.32 Å². The summed E-state index contributed by atoms with van der Waals surface area (Å²) in [6.07, 6.45) is 2.47. The van der Waals surface area contributed by atoms with Gasteiger partial charge in [0.1, 0.15) is 0 Å². The second-order valence-electron chi connectivity index (χ2n) is 2.35. The van der Waals surface area contributed by atoms with Crippen LogP contribution >= 0.6 is 69.6 Å². The van der Waals surface area contributed by atoms with Gasteiger partial charge in [-0.3, -0.25) is 0 Å². The van der Waals surface area contributed by atoms with Crippen molar-refractivity contribution in [3.8, 4) is 0 Å². The molecule has 1 N–H and O–H groups in total. The van der Waals surface area contributed by atoms with E-state index in [-0.39, 0.29) is 0 Å². The third kappa shape index (κ3) is 2.18. The van der Waals surface area contributed by atoms with Gasteiger partial charge in [0.2, 0.25) is 13.2 Å². The molecule has 1 heterocycles. The molecule has 0 amide bonds. The maximum atomic E-state index is 5.68. The van der Waals surface area contributed by atoms with E-state index in [9.17, 15) is 0 Å². The van der Waals surface area contributed by atoms with Crippen molar-refractivity contribution in [2.75, 3.05) is 0 Å². The molecule has 1 aliphatic heterocycles. The zero-order valence-corrected chi connectivity index (χ0v) is 10.9. The molecule has 14 heavy (non-hydrogen) atoms. The van der Waals surface area contributed by atoms with Crippen molar-refractivity contribution in [3.05, 3.63) is 0 Å². The molecule has 3 nitrogen and oxygen atoms in total. The fourth-order valence-corrected chi connectivity index (χ4v) is 2.65. The van der Waals surface area contributed by atoms with Crippen LogP contribution in [0.2, 0.25) is 0 Å². The molecule has 0 aliphatic carbocycles. The topological polar surface area (TPSA) is 36.8 Å². The van der Waals surface area contributed by atoms with E-state index >= 15 is 0 Å². The Morgan fingerprint density at radius 3 is 1.43 bits per heavy atom. The van der Waals surface area contributed by atoms with Crippen LogP contribution in [0.3, 0.4) is 0 Å². The standard InChI is InChI=1S/C5H3Cl6N3/c6-4(7,8)3(5(9,10)11)13-1-12-2-14-3/h1-2H,(H,12,13,14). The zero-order valence-electron chi connectivity index (χ0n) is 6.32. The van der Waals surface area contributed by atoms with Crippen molar-refractivity contribution in [1.82, 2.24) is 5.32 Å².